The zero-order chi connectivity index (χ0) is 11.7. The molecule has 1 aliphatic rings. The summed E-state index contributed by atoms with van der Waals surface area (Å²) < 4.78 is 1.73. The molecule has 0 saturated carbocycles. The van der Waals surface area contributed by atoms with Crippen LogP contribution in [0.4, 0.5) is 0 Å². The maximum absolute atomic E-state index is 6.03. The topological polar surface area (TPSA) is 29.9 Å². The fourth-order valence-electron chi connectivity index (χ4n) is 2.30. The van der Waals surface area contributed by atoms with Crippen molar-refractivity contribution in [3.8, 4) is 5.69 Å². The summed E-state index contributed by atoms with van der Waals surface area (Å²) in [6, 6.07) is 10.3. The van der Waals surface area contributed by atoms with E-state index in [9.17, 15) is 0 Å². The van der Waals surface area contributed by atoms with E-state index in [-0.39, 0.29) is 0 Å². The molecule has 1 aliphatic heterocycles. The summed E-state index contributed by atoms with van der Waals surface area (Å²) in [5.41, 5.74) is 2.40. The number of nitrogens with one attached hydrogen (secondary N) is 1. The molecule has 88 valence electrons. The summed E-state index contributed by atoms with van der Waals surface area (Å²) in [6.07, 6.45) is 2.93. The largest absolute Gasteiger partial charge is 0.316 e. The van der Waals surface area contributed by atoms with Gasteiger partial charge in [-0.2, -0.15) is 5.10 Å². The van der Waals surface area contributed by atoms with E-state index in [0.29, 0.717) is 11.1 Å². The van der Waals surface area contributed by atoms with Gasteiger partial charge >= 0.3 is 0 Å². The quantitative estimate of drug-likeness (QED) is 0.884. The first-order valence-corrected chi connectivity index (χ1v) is 6.23. The van der Waals surface area contributed by atoms with Gasteiger partial charge in [0.1, 0.15) is 5.15 Å². The Labute approximate surface area is 105 Å². The van der Waals surface area contributed by atoms with Crippen molar-refractivity contribution in [3.05, 3.63) is 47.2 Å². The molecule has 3 rings (SSSR count). The molecule has 1 N–H and O–H groups in total. The highest BCUT2D eigenvalue weighted by atomic mass is 35.5. The van der Waals surface area contributed by atoms with Gasteiger partial charge in [0.05, 0.1) is 11.9 Å². The van der Waals surface area contributed by atoms with Crippen LogP contribution in [0, 0.1) is 0 Å². The summed E-state index contributed by atoms with van der Waals surface area (Å²) in [7, 11) is 0. The Bertz CT molecular complexity index is 498. The molecule has 0 aliphatic carbocycles. The maximum atomic E-state index is 6.03. The average molecular weight is 248 g/mol. The molecule has 1 aromatic heterocycles. The third kappa shape index (κ3) is 2.08. The highest BCUT2D eigenvalue weighted by Gasteiger charge is 2.16. The van der Waals surface area contributed by atoms with Crippen LogP contribution in [0.25, 0.3) is 5.69 Å². The number of halogens is 1. The second-order valence-electron chi connectivity index (χ2n) is 4.35. The summed E-state index contributed by atoms with van der Waals surface area (Å²) in [4.78, 5) is 0. The van der Waals surface area contributed by atoms with E-state index in [1.54, 1.807) is 16.9 Å². The minimum Gasteiger partial charge on any atom is -0.316 e. The molecule has 17 heavy (non-hydrogen) atoms. The van der Waals surface area contributed by atoms with E-state index in [4.69, 9.17) is 11.6 Å². The van der Waals surface area contributed by atoms with E-state index in [1.165, 1.54) is 12.0 Å². The first-order chi connectivity index (χ1) is 8.34. The average Bonchev–Trinajstić information content (AvgIpc) is 3.00. The summed E-state index contributed by atoms with van der Waals surface area (Å²) in [6.45, 7) is 2.21. The van der Waals surface area contributed by atoms with Crippen LogP contribution in [0.5, 0.6) is 0 Å². The fraction of sp³-hybridized carbons (Fsp3) is 0.308. The van der Waals surface area contributed by atoms with Gasteiger partial charge in [-0.3, -0.25) is 0 Å². The van der Waals surface area contributed by atoms with Crippen LogP contribution in [-0.2, 0) is 0 Å². The molecule has 4 heteroatoms. The lowest BCUT2D eigenvalue weighted by Crippen LogP contribution is -2.08. The molecule has 2 heterocycles. The smallest absolute Gasteiger partial charge is 0.132 e. The Hall–Kier alpha value is -1.32. The Morgan fingerprint density at radius 1 is 1.24 bits per heavy atom. The molecule has 0 spiro atoms. The van der Waals surface area contributed by atoms with Gasteiger partial charge in [-0.1, -0.05) is 23.7 Å². The first kappa shape index (κ1) is 10.8. The lowest BCUT2D eigenvalue weighted by atomic mass is 9.98. The fourth-order valence-corrected chi connectivity index (χ4v) is 2.50. The standard InChI is InChI=1S/C13H14ClN3/c14-13-6-8-16-17(13)12-3-1-10(2-4-12)11-5-7-15-9-11/h1-4,6,8,11,15H,5,7,9H2. The molecule has 1 unspecified atom stereocenters. The van der Waals surface area contributed by atoms with Crippen molar-refractivity contribution in [2.24, 2.45) is 0 Å². The first-order valence-electron chi connectivity index (χ1n) is 5.85. The lowest BCUT2D eigenvalue weighted by molar-refractivity contribution is 0.762. The van der Waals surface area contributed by atoms with Crippen molar-refractivity contribution in [3.63, 3.8) is 0 Å². The van der Waals surface area contributed by atoms with Crippen molar-refractivity contribution in [1.82, 2.24) is 15.1 Å². The minimum absolute atomic E-state index is 0.639. The van der Waals surface area contributed by atoms with Crippen LogP contribution in [0.15, 0.2) is 36.5 Å². The van der Waals surface area contributed by atoms with Gasteiger partial charge in [-0.15, -0.1) is 0 Å². The summed E-state index contributed by atoms with van der Waals surface area (Å²) >= 11 is 6.03. The SMILES string of the molecule is Clc1ccnn1-c1ccc(C2CCNC2)cc1. The Morgan fingerprint density at radius 3 is 2.65 bits per heavy atom. The van der Waals surface area contributed by atoms with Gasteiger partial charge in [0.25, 0.3) is 0 Å². The van der Waals surface area contributed by atoms with Crippen molar-refractivity contribution < 1.29 is 0 Å². The molecule has 2 aromatic rings. The number of aromatic nitrogens is 2. The molecule has 1 atom stereocenters. The monoisotopic (exact) mass is 247 g/mol. The number of hydrogen-bond donors (Lipinski definition) is 1. The predicted octanol–water partition coefficient (Wildman–Crippen LogP) is 2.60. The normalized spacial score (nSPS) is 19.7. The molecule has 1 fully saturated rings. The van der Waals surface area contributed by atoms with Crippen LogP contribution < -0.4 is 5.32 Å². The zero-order valence-electron chi connectivity index (χ0n) is 9.44. The molecule has 0 radical (unpaired) electrons. The van der Waals surface area contributed by atoms with E-state index in [2.05, 4.69) is 34.7 Å². The van der Waals surface area contributed by atoms with Crippen LogP contribution in [0.2, 0.25) is 5.15 Å². The van der Waals surface area contributed by atoms with Crippen molar-refractivity contribution in [2.45, 2.75) is 12.3 Å². The highest BCUT2D eigenvalue weighted by Crippen LogP contribution is 2.24. The van der Waals surface area contributed by atoms with Crippen molar-refractivity contribution >= 4 is 11.6 Å². The number of benzene rings is 1. The van der Waals surface area contributed by atoms with E-state index in [0.717, 1.165) is 18.8 Å². The van der Waals surface area contributed by atoms with Crippen molar-refractivity contribution in [1.29, 1.82) is 0 Å². The van der Waals surface area contributed by atoms with Crippen LogP contribution in [-0.4, -0.2) is 22.9 Å². The van der Waals surface area contributed by atoms with Gasteiger partial charge < -0.3 is 5.32 Å². The van der Waals surface area contributed by atoms with E-state index >= 15 is 0 Å². The van der Waals surface area contributed by atoms with Crippen LogP contribution in [0.3, 0.4) is 0 Å². The summed E-state index contributed by atoms with van der Waals surface area (Å²) in [5.74, 6) is 0.650. The maximum Gasteiger partial charge on any atom is 0.132 e. The Morgan fingerprint density at radius 2 is 2.06 bits per heavy atom. The van der Waals surface area contributed by atoms with Crippen molar-refractivity contribution in [2.75, 3.05) is 13.1 Å². The second kappa shape index (κ2) is 4.51. The van der Waals surface area contributed by atoms with E-state index in [1.807, 2.05) is 0 Å². The predicted molar refractivity (Wildman–Crippen MR) is 68.8 cm³/mol. The number of hydrogen-bond acceptors (Lipinski definition) is 2. The summed E-state index contributed by atoms with van der Waals surface area (Å²) in [5, 5.41) is 8.21. The molecule has 0 amide bonds. The number of nitrogens with zero attached hydrogens (tertiary/aromatic N) is 2. The Kier molecular flexibility index (Phi) is 2.87. The molecule has 1 saturated heterocycles. The van der Waals surface area contributed by atoms with Crippen LogP contribution >= 0.6 is 11.6 Å². The molecule has 1 aromatic carbocycles. The zero-order valence-corrected chi connectivity index (χ0v) is 10.2. The van der Waals surface area contributed by atoms with Gasteiger partial charge in [-0.05, 0) is 42.6 Å². The van der Waals surface area contributed by atoms with Gasteiger partial charge in [0, 0.05) is 6.54 Å². The van der Waals surface area contributed by atoms with Crippen LogP contribution in [0.1, 0.15) is 17.9 Å². The third-order valence-corrected chi connectivity index (χ3v) is 3.55. The molecular formula is C13H14ClN3. The van der Waals surface area contributed by atoms with E-state index < -0.39 is 0 Å². The molecular weight excluding hydrogens is 234 g/mol. The Balaban J connectivity index is 1.87. The van der Waals surface area contributed by atoms with Gasteiger partial charge in [0.15, 0.2) is 0 Å². The minimum atomic E-state index is 0.639. The molecule has 3 nitrogen and oxygen atoms in total. The second-order valence-corrected chi connectivity index (χ2v) is 4.73. The highest BCUT2D eigenvalue weighted by molar-refractivity contribution is 6.29. The third-order valence-electron chi connectivity index (χ3n) is 3.27. The van der Waals surface area contributed by atoms with Gasteiger partial charge in [-0.25, -0.2) is 4.68 Å². The lowest BCUT2D eigenvalue weighted by Gasteiger charge is -2.10. The molecule has 0 bridgehead atoms. The number of rotatable bonds is 2. The van der Waals surface area contributed by atoms with Gasteiger partial charge in [0.2, 0.25) is 0 Å².